The first-order valence-corrected chi connectivity index (χ1v) is 7.52. The molecule has 7 heteroatoms. The third-order valence-electron chi connectivity index (χ3n) is 2.78. The molecule has 0 aliphatic carbocycles. The van der Waals surface area contributed by atoms with Gasteiger partial charge in [-0.2, -0.15) is 0 Å². The maximum atomic E-state index is 11.8. The summed E-state index contributed by atoms with van der Waals surface area (Å²) < 4.78 is 23.2. The molecule has 1 unspecified atom stereocenters. The number of carboxylic acid groups (broad SMARTS) is 1. The first kappa shape index (κ1) is 18.1. The number of alkyl halides is 1. The molecule has 0 radical (unpaired) electrons. The molecule has 0 fully saturated rings. The Hall–Kier alpha value is -0.930. The molecule has 0 saturated carbocycles. The lowest BCUT2D eigenvalue weighted by Gasteiger charge is -2.20. The number of benzene rings is 1. The third-order valence-corrected chi connectivity index (χ3v) is 3.83. The van der Waals surface area contributed by atoms with E-state index in [1.807, 2.05) is 6.07 Å². The fraction of sp³-hybridized carbons (Fsp3) is 0.500. The van der Waals surface area contributed by atoms with Gasteiger partial charge in [0.2, 0.25) is 0 Å². The molecule has 5 nitrogen and oxygen atoms in total. The van der Waals surface area contributed by atoms with Gasteiger partial charge in [0.1, 0.15) is 24.6 Å². The quantitative estimate of drug-likeness (QED) is 0.480. The lowest BCUT2D eigenvalue weighted by Crippen LogP contribution is -2.46. The topological polar surface area (TPSA) is 81.8 Å². The number of halogens is 2. The predicted octanol–water partition coefficient (Wildman–Crippen LogP) is 2.00. The summed E-state index contributed by atoms with van der Waals surface area (Å²) in [7, 11) is 0. The summed E-state index contributed by atoms with van der Waals surface area (Å²) in [5.41, 5.74) is 5.25. The SMILES string of the molecule is CC(N)(Cc1cc(OCCOCCF)ccc1I)C(=O)O. The molecule has 118 valence electrons. The molecule has 3 N–H and O–H groups in total. The van der Waals surface area contributed by atoms with Crippen molar-refractivity contribution in [2.45, 2.75) is 18.9 Å². The summed E-state index contributed by atoms with van der Waals surface area (Å²) in [6, 6.07) is 5.39. The Bertz CT molecular complexity index is 482. The molecule has 0 aliphatic heterocycles. The lowest BCUT2D eigenvalue weighted by molar-refractivity contribution is -0.142. The summed E-state index contributed by atoms with van der Waals surface area (Å²) in [6.45, 7) is 1.63. The minimum absolute atomic E-state index is 0.0610. The number of ether oxygens (including phenoxy) is 2. The number of nitrogens with two attached hydrogens (primary N) is 1. The fourth-order valence-electron chi connectivity index (χ4n) is 1.62. The average molecular weight is 411 g/mol. The van der Waals surface area contributed by atoms with E-state index in [-0.39, 0.29) is 13.0 Å². The second-order valence-corrected chi connectivity index (χ2v) is 5.96. The first-order chi connectivity index (χ1) is 9.86. The summed E-state index contributed by atoms with van der Waals surface area (Å²) in [6.07, 6.45) is 0.205. The van der Waals surface area contributed by atoms with Crippen LogP contribution in [0.25, 0.3) is 0 Å². The summed E-state index contributed by atoms with van der Waals surface area (Å²) in [5.74, 6) is -0.445. The van der Waals surface area contributed by atoms with Gasteiger partial charge < -0.3 is 20.3 Å². The molecular weight excluding hydrogens is 392 g/mol. The van der Waals surface area contributed by atoms with Crippen LogP contribution in [0.5, 0.6) is 5.75 Å². The van der Waals surface area contributed by atoms with E-state index in [2.05, 4.69) is 22.6 Å². The summed E-state index contributed by atoms with van der Waals surface area (Å²) in [5, 5.41) is 9.08. The zero-order chi connectivity index (χ0) is 15.9. The summed E-state index contributed by atoms with van der Waals surface area (Å²) >= 11 is 2.13. The van der Waals surface area contributed by atoms with Gasteiger partial charge in [0.25, 0.3) is 0 Å². The molecule has 1 rings (SSSR count). The van der Waals surface area contributed by atoms with Crippen LogP contribution in [0.1, 0.15) is 12.5 Å². The van der Waals surface area contributed by atoms with Crippen molar-refractivity contribution < 1.29 is 23.8 Å². The predicted molar refractivity (Wildman–Crippen MR) is 85.4 cm³/mol. The van der Waals surface area contributed by atoms with Crippen molar-refractivity contribution in [3.63, 3.8) is 0 Å². The van der Waals surface area contributed by atoms with E-state index >= 15 is 0 Å². The van der Waals surface area contributed by atoms with Crippen LogP contribution in [0, 0.1) is 3.57 Å². The van der Waals surface area contributed by atoms with Crippen LogP contribution in [0.15, 0.2) is 18.2 Å². The van der Waals surface area contributed by atoms with Crippen molar-refractivity contribution in [3.8, 4) is 5.75 Å². The molecule has 0 aliphatic rings. The van der Waals surface area contributed by atoms with Crippen molar-refractivity contribution >= 4 is 28.6 Å². The zero-order valence-electron chi connectivity index (χ0n) is 11.8. The van der Waals surface area contributed by atoms with Crippen LogP contribution in [-0.4, -0.2) is 43.1 Å². The van der Waals surface area contributed by atoms with Gasteiger partial charge in [-0.05, 0) is 53.3 Å². The molecule has 0 bridgehead atoms. The van der Waals surface area contributed by atoms with Crippen LogP contribution in [0.2, 0.25) is 0 Å². The molecular formula is C14H19FINO4. The average Bonchev–Trinajstić information content (AvgIpc) is 2.41. The highest BCUT2D eigenvalue weighted by molar-refractivity contribution is 14.1. The third kappa shape index (κ3) is 6.15. The van der Waals surface area contributed by atoms with Crippen LogP contribution in [-0.2, 0) is 16.0 Å². The molecule has 0 heterocycles. The lowest BCUT2D eigenvalue weighted by atomic mass is 9.94. The Labute approximate surface area is 136 Å². The van der Waals surface area contributed by atoms with E-state index in [0.717, 1.165) is 9.13 Å². The van der Waals surface area contributed by atoms with Crippen LogP contribution in [0.3, 0.4) is 0 Å². The van der Waals surface area contributed by atoms with Crippen LogP contribution >= 0.6 is 22.6 Å². The highest BCUT2D eigenvalue weighted by Gasteiger charge is 2.29. The Balaban J connectivity index is 2.65. The Morgan fingerprint density at radius 2 is 2.14 bits per heavy atom. The van der Waals surface area contributed by atoms with Gasteiger partial charge in [-0.15, -0.1) is 0 Å². The highest BCUT2D eigenvalue weighted by Crippen LogP contribution is 2.23. The van der Waals surface area contributed by atoms with Gasteiger partial charge in [-0.3, -0.25) is 4.79 Å². The van der Waals surface area contributed by atoms with E-state index < -0.39 is 18.2 Å². The van der Waals surface area contributed by atoms with Gasteiger partial charge in [-0.1, -0.05) is 0 Å². The number of hydrogen-bond acceptors (Lipinski definition) is 4. The second-order valence-electron chi connectivity index (χ2n) is 4.80. The van der Waals surface area contributed by atoms with Gasteiger partial charge in [0, 0.05) is 9.99 Å². The smallest absolute Gasteiger partial charge is 0.323 e. The van der Waals surface area contributed by atoms with Crippen LogP contribution in [0.4, 0.5) is 4.39 Å². The van der Waals surface area contributed by atoms with Crippen molar-refractivity contribution in [2.75, 3.05) is 26.5 Å². The van der Waals surface area contributed by atoms with Crippen molar-refractivity contribution in [2.24, 2.45) is 5.73 Å². The maximum Gasteiger partial charge on any atom is 0.323 e. The minimum atomic E-state index is -1.33. The van der Waals surface area contributed by atoms with Gasteiger partial charge >= 0.3 is 5.97 Å². The number of aliphatic carboxylic acids is 1. The number of carboxylic acids is 1. The monoisotopic (exact) mass is 411 g/mol. The molecule has 21 heavy (non-hydrogen) atoms. The van der Waals surface area contributed by atoms with Gasteiger partial charge in [0.15, 0.2) is 0 Å². The minimum Gasteiger partial charge on any atom is -0.491 e. The van der Waals surface area contributed by atoms with E-state index in [9.17, 15) is 9.18 Å². The standard InChI is InChI=1S/C14H19FINO4/c1-14(17,13(18)19)9-10-8-11(2-3-12(10)16)21-7-6-20-5-4-15/h2-3,8H,4-7,9,17H2,1H3,(H,18,19). The number of rotatable bonds is 9. The van der Waals surface area contributed by atoms with Gasteiger partial charge in [0.05, 0.1) is 13.2 Å². The molecule has 0 amide bonds. The molecule has 0 saturated heterocycles. The second kappa shape index (κ2) is 8.50. The largest absolute Gasteiger partial charge is 0.491 e. The Morgan fingerprint density at radius 3 is 2.76 bits per heavy atom. The number of hydrogen-bond donors (Lipinski definition) is 2. The van der Waals surface area contributed by atoms with Crippen molar-refractivity contribution in [1.29, 1.82) is 0 Å². The molecule has 1 aromatic rings. The molecule has 1 aromatic carbocycles. The van der Waals surface area contributed by atoms with Crippen LogP contribution < -0.4 is 10.5 Å². The highest BCUT2D eigenvalue weighted by atomic mass is 127. The Kier molecular flexibility index (Phi) is 7.33. The molecule has 0 aromatic heterocycles. The van der Waals surface area contributed by atoms with Crippen molar-refractivity contribution in [1.82, 2.24) is 0 Å². The van der Waals surface area contributed by atoms with E-state index in [1.54, 1.807) is 12.1 Å². The van der Waals surface area contributed by atoms with Crippen molar-refractivity contribution in [3.05, 3.63) is 27.3 Å². The Morgan fingerprint density at radius 1 is 1.43 bits per heavy atom. The van der Waals surface area contributed by atoms with E-state index in [0.29, 0.717) is 19.0 Å². The molecule has 1 atom stereocenters. The normalized spacial score (nSPS) is 13.7. The maximum absolute atomic E-state index is 11.8. The van der Waals surface area contributed by atoms with Gasteiger partial charge in [-0.25, -0.2) is 4.39 Å². The molecule has 0 spiro atoms. The van der Waals surface area contributed by atoms with E-state index in [1.165, 1.54) is 6.92 Å². The summed E-state index contributed by atoms with van der Waals surface area (Å²) in [4.78, 5) is 11.1. The zero-order valence-corrected chi connectivity index (χ0v) is 13.9. The first-order valence-electron chi connectivity index (χ1n) is 6.44. The number of carbonyl (C=O) groups is 1. The fourth-order valence-corrected chi connectivity index (χ4v) is 2.15. The van der Waals surface area contributed by atoms with E-state index in [4.69, 9.17) is 20.3 Å².